The molecule has 1 heterocycles. The average Bonchev–Trinajstić information content (AvgIpc) is 3.69. The topological polar surface area (TPSA) is 133 Å². The first-order valence-corrected chi connectivity index (χ1v) is 12.1. The number of likely N-dealkylation sites (tertiary alicyclic amines) is 1. The van der Waals surface area contributed by atoms with Crippen molar-refractivity contribution in [2.45, 2.75) is 6.42 Å². The summed E-state index contributed by atoms with van der Waals surface area (Å²) in [6.07, 6.45) is 5.19. The molecule has 2 saturated carbocycles. The number of hydrogen-bond acceptors (Lipinski definition) is 8. The van der Waals surface area contributed by atoms with Gasteiger partial charge in [-0.25, -0.2) is 0 Å². The predicted molar refractivity (Wildman–Crippen MR) is 126 cm³/mol. The molecule has 0 aromatic heterocycles. The van der Waals surface area contributed by atoms with E-state index in [0.717, 1.165) is 11.3 Å². The van der Waals surface area contributed by atoms with Crippen LogP contribution in [0.5, 0.6) is 11.5 Å². The summed E-state index contributed by atoms with van der Waals surface area (Å²) >= 11 is 0. The molecule has 1 saturated heterocycles. The molecule has 0 unspecified atom stereocenters. The van der Waals surface area contributed by atoms with Crippen LogP contribution in [-0.2, 0) is 19.1 Å². The standard InChI is InChI=1S/C27H22N2O8/c30-22(14-1-5-16(6-2-14)37-17-7-3-15(4-8-17)29(34)35)13-36-23(31)12-28-26(32)24-18-9-10-19(21-11-20(18)21)25(24)27(28)33/h1-10,18-21,24-25H,11-13H2/t18-,19-,20-,21+,24-,25-/m1/s1. The number of Topliss-reactive ketones (excluding diaryl/α,β-unsaturated/α-hetero) is 1. The highest BCUT2D eigenvalue weighted by Crippen LogP contribution is 2.65. The lowest BCUT2D eigenvalue weighted by molar-refractivity contribution is -0.384. The molecule has 6 atom stereocenters. The third-order valence-corrected chi connectivity index (χ3v) is 7.87. The third kappa shape index (κ3) is 3.98. The molecule has 2 amide bonds. The number of carbonyl (C=O) groups is 4. The molecule has 4 aliphatic carbocycles. The Hall–Kier alpha value is -4.34. The van der Waals surface area contributed by atoms with Gasteiger partial charge in [-0.3, -0.25) is 34.2 Å². The van der Waals surface area contributed by atoms with E-state index in [2.05, 4.69) is 12.2 Å². The number of nitrogens with zero attached hydrogens (tertiary/aromatic N) is 2. The fourth-order valence-electron chi connectivity index (χ4n) is 6.06. The van der Waals surface area contributed by atoms with E-state index in [9.17, 15) is 29.3 Å². The van der Waals surface area contributed by atoms with Crippen molar-refractivity contribution < 1.29 is 33.6 Å². The second-order valence-corrected chi connectivity index (χ2v) is 9.88. The molecule has 10 nitrogen and oxygen atoms in total. The second-order valence-electron chi connectivity index (χ2n) is 9.88. The van der Waals surface area contributed by atoms with Crippen molar-refractivity contribution in [1.82, 2.24) is 4.90 Å². The number of ether oxygens (including phenoxy) is 2. The van der Waals surface area contributed by atoms with Gasteiger partial charge in [-0.05, 0) is 66.5 Å². The van der Waals surface area contributed by atoms with Crippen LogP contribution in [0, 0.1) is 45.6 Å². The minimum absolute atomic E-state index is 0.0553. The zero-order chi connectivity index (χ0) is 25.8. The molecule has 2 bridgehead atoms. The number of carbonyl (C=O) groups excluding carboxylic acids is 4. The summed E-state index contributed by atoms with van der Waals surface area (Å²) in [5.74, 6) is -0.744. The van der Waals surface area contributed by atoms with E-state index in [1.54, 1.807) is 12.1 Å². The Kier molecular flexibility index (Phi) is 5.40. The molecule has 188 valence electrons. The van der Waals surface area contributed by atoms with Gasteiger partial charge in [0, 0.05) is 17.7 Å². The lowest BCUT2D eigenvalue weighted by Gasteiger charge is -2.37. The van der Waals surface area contributed by atoms with Gasteiger partial charge in [-0.1, -0.05) is 12.2 Å². The SMILES string of the molecule is O=C(CN1C(=O)[C@@H]2[C@@H]3C=C[C@H]([C@@H]4C[C@H]34)[C@H]2C1=O)OCC(=O)c1ccc(Oc2ccc([N+](=O)[O-])cc2)cc1. The quantitative estimate of drug-likeness (QED) is 0.134. The summed E-state index contributed by atoms with van der Waals surface area (Å²) < 4.78 is 10.7. The van der Waals surface area contributed by atoms with Crippen molar-refractivity contribution in [3.63, 3.8) is 0 Å². The van der Waals surface area contributed by atoms with Crippen LogP contribution < -0.4 is 4.74 Å². The Labute approximate surface area is 211 Å². The molecular formula is C27H22N2O8. The van der Waals surface area contributed by atoms with Gasteiger partial charge in [0.2, 0.25) is 11.8 Å². The highest BCUT2D eigenvalue weighted by molar-refractivity contribution is 6.08. The third-order valence-electron chi connectivity index (χ3n) is 7.87. The smallest absolute Gasteiger partial charge is 0.326 e. The Bertz CT molecular complexity index is 1310. The maximum Gasteiger partial charge on any atom is 0.326 e. The number of imide groups is 1. The van der Waals surface area contributed by atoms with Crippen LogP contribution in [0.15, 0.2) is 60.7 Å². The zero-order valence-electron chi connectivity index (χ0n) is 19.5. The molecule has 2 aromatic carbocycles. The minimum atomic E-state index is -0.808. The highest BCUT2D eigenvalue weighted by atomic mass is 16.6. The van der Waals surface area contributed by atoms with E-state index < -0.39 is 29.8 Å². The number of ketones is 1. The molecule has 10 heteroatoms. The van der Waals surface area contributed by atoms with Crippen LogP contribution in [0.3, 0.4) is 0 Å². The second kappa shape index (κ2) is 8.65. The Morgan fingerprint density at radius 2 is 1.43 bits per heavy atom. The van der Waals surface area contributed by atoms with Crippen molar-refractivity contribution >= 4 is 29.3 Å². The van der Waals surface area contributed by atoms with Crippen LogP contribution in [0.2, 0.25) is 0 Å². The van der Waals surface area contributed by atoms with Gasteiger partial charge < -0.3 is 9.47 Å². The van der Waals surface area contributed by atoms with Crippen molar-refractivity contribution in [2.75, 3.05) is 13.2 Å². The monoisotopic (exact) mass is 502 g/mol. The van der Waals surface area contributed by atoms with Crippen LogP contribution in [0.25, 0.3) is 0 Å². The molecule has 2 aromatic rings. The van der Waals surface area contributed by atoms with Gasteiger partial charge in [0.1, 0.15) is 18.0 Å². The van der Waals surface area contributed by atoms with Crippen LogP contribution >= 0.6 is 0 Å². The first-order chi connectivity index (χ1) is 17.8. The Morgan fingerprint density at radius 1 is 0.892 bits per heavy atom. The van der Waals surface area contributed by atoms with E-state index in [0.29, 0.717) is 23.3 Å². The van der Waals surface area contributed by atoms with Crippen molar-refractivity contribution in [2.24, 2.45) is 35.5 Å². The molecule has 0 radical (unpaired) electrons. The van der Waals surface area contributed by atoms with Gasteiger partial charge in [0.05, 0.1) is 16.8 Å². The number of benzene rings is 2. The number of rotatable bonds is 8. The highest BCUT2D eigenvalue weighted by Gasteiger charge is 2.67. The predicted octanol–water partition coefficient (Wildman–Crippen LogP) is 3.17. The van der Waals surface area contributed by atoms with Crippen molar-refractivity contribution in [1.29, 1.82) is 0 Å². The van der Waals surface area contributed by atoms with Crippen LogP contribution in [-0.4, -0.2) is 46.5 Å². The van der Waals surface area contributed by atoms with Gasteiger partial charge in [0.15, 0.2) is 12.4 Å². The summed E-state index contributed by atoms with van der Waals surface area (Å²) in [6.45, 7) is -1.02. The zero-order valence-corrected chi connectivity index (χ0v) is 19.5. The molecule has 37 heavy (non-hydrogen) atoms. The van der Waals surface area contributed by atoms with E-state index in [-0.39, 0.29) is 46.7 Å². The molecule has 0 N–H and O–H groups in total. The Morgan fingerprint density at radius 3 is 1.97 bits per heavy atom. The number of non-ortho nitro benzene ring substituents is 1. The maximum atomic E-state index is 13.0. The number of esters is 1. The molecule has 7 rings (SSSR count). The number of amides is 2. The van der Waals surface area contributed by atoms with Gasteiger partial charge in [-0.2, -0.15) is 0 Å². The lowest BCUT2D eigenvalue weighted by Crippen LogP contribution is -2.40. The number of nitro benzene ring substituents is 1. The number of nitro groups is 1. The summed E-state index contributed by atoms with van der Waals surface area (Å²) in [6, 6.07) is 11.7. The van der Waals surface area contributed by atoms with Crippen molar-refractivity contribution in [3.05, 3.63) is 76.4 Å². The van der Waals surface area contributed by atoms with Gasteiger partial charge in [0.25, 0.3) is 5.69 Å². The summed E-state index contributed by atoms with van der Waals surface area (Å²) in [4.78, 5) is 62.1. The van der Waals surface area contributed by atoms with Gasteiger partial charge in [-0.15, -0.1) is 0 Å². The molecule has 1 aliphatic heterocycles. The normalized spacial score (nSPS) is 28.5. The summed E-state index contributed by atoms with van der Waals surface area (Å²) in [7, 11) is 0. The van der Waals surface area contributed by atoms with Crippen LogP contribution in [0.4, 0.5) is 5.69 Å². The minimum Gasteiger partial charge on any atom is -0.457 e. The van der Waals surface area contributed by atoms with Crippen LogP contribution in [0.1, 0.15) is 16.8 Å². The largest absolute Gasteiger partial charge is 0.457 e. The van der Waals surface area contributed by atoms with E-state index in [1.807, 2.05) is 0 Å². The first-order valence-electron chi connectivity index (χ1n) is 12.1. The van der Waals surface area contributed by atoms with E-state index >= 15 is 0 Å². The number of allylic oxidation sites excluding steroid dienone is 2. The van der Waals surface area contributed by atoms with E-state index in [1.165, 1.54) is 36.4 Å². The molecule has 3 fully saturated rings. The Balaban J connectivity index is 1.01. The maximum absolute atomic E-state index is 13.0. The summed E-state index contributed by atoms with van der Waals surface area (Å²) in [5.41, 5.74) is 0.227. The first kappa shape index (κ1) is 23.1. The fourth-order valence-corrected chi connectivity index (χ4v) is 6.06. The average molecular weight is 502 g/mol. The molecular weight excluding hydrogens is 480 g/mol. The lowest BCUT2D eigenvalue weighted by atomic mass is 9.63. The van der Waals surface area contributed by atoms with E-state index in [4.69, 9.17) is 9.47 Å². The molecule has 0 spiro atoms. The summed E-state index contributed by atoms with van der Waals surface area (Å²) in [5, 5.41) is 10.7. The fraction of sp³-hybridized carbons (Fsp3) is 0.333. The number of hydrogen-bond donors (Lipinski definition) is 0. The molecule has 5 aliphatic rings. The van der Waals surface area contributed by atoms with Gasteiger partial charge >= 0.3 is 5.97 Å². The van der Waals surface area contributed by atoms with Crippen molar-refractivity contribution in [3.8, 4) is 11.5 Å².